The molecule has 1 heteroatoms. The molecule has 0 atom stereocenters. The second kappa shape index (κ2) is 5.91. The summed E-state index contributed by atoms with van der Waals surface area (Å²) in [6.07, 6.45) is 6.22. The summed E-state index contributed by atoms with van der Waals surface area (Å²) in [4.78, 5) is 0. The molecule has 1 aromatic carbocycles. The van der Waals surface area contributed by atoms with Gasteiger partial charge in [-0.15, -0.1) is 0 Å². The van der Waals surface area contributed by atoms with E-state index in [1.165, 1.54) is 24.4 Å². The molecule has 1 aromatic rings. The summed E-state index contributed by atoms with van der Waals surface area (Å²) in [6.45, 7) is 7.06. The van der Waals surface area contributed by atoms with E-state index in [0.29, 0.717) is 0 Å². The molecule has 0 heterocycles. The van der Waals surface area contributed by atoms with Crippen LogP contribution in [0.15, 0.2) is 42.1 Å². The van der Waals surface area contributed by atoms with E-state index in [1.807, 2.05) is 0 Å². The SMILES string of the molecule is CCCC/C=C/[Si](C)(C)c1ccccc1. The minimum Gasteiger partial charge on any atom is -0.0943 e. The minimum absolute atomic E-state index is 1.24. The first kappa shape index (κ1) is 12.2. The molecule has 0 amide bonds. The maximum atomic E-state index is 2.47. The van der Waals surface area contributed by atoms with E-state index in [0.717, 1.165) is 0 Å². The number of unbranched alkanes of at least 4 members (excludes halogenated alkanes) is 2. The average molecular weight is 218 g/mol. The molecule has 0 saturated carbocycles. The predicted molar refractivity (Wildman–Crippen MR) is 72.2 cm³/mol. The van der Waals surface area contributed by atoms with Crippen LogP contribution in [0.2, 0.25) is 13.1 Å². The van der Waals surface area contributed by atoms with Crippen LogP contribution >= 0.6 is 0 Å². The van der Waals surface area contributed by atoms with Gasteiger partial charge in [0.1, 0.15) is 8.07 Å². The Morgan fingerprint density at radius 1 is 1.13 bits per heavy atom. The van der Waals surface area contributed by atoms with Gasteiger partial charge >= 0.3 is 0 Å². The number of hydrogen-bond donors (Lipinski definition) is 0. The van der Waals surface area contributed by atoms with Crippen molar-refractivity contribution in [3.8, 4) is 0 Å². The summed E-state index contributed by atoms with van der Waals surface area (Å²) in [5, 5.41) is 1.53. The average Bonchev–Trinajstić information content (AvgIpc) is 2.26. The largest absolute Gasteiger partial charge is 0.103 e. The zero-order valence-corrected chi connectivity index (χ0v) is 11.2. The van der Waals surface area contributed by atoms with Crippen molar-refractivity contribution < 1.29 is 0 Å². The van der Waals surface area contributed by atoms with Crippen LogP contribution in [0.4, 0.5) is 0 Å². The second-order valence-corrected chi connectivity index (χ2v) is 8.99. The number of benzene rings is 1. The fourth-order valence-corrected chi connectivity index (χ4v) is 3.66. The van der Waals surface area contributed by atoms with Gasteiger partial charge in [-0.1, -0.05) is 80.2 Å². The van der Waals surface area contributed by atoms with E-state index in [1.54, 1.807) is 0 Å². The third-order valence-corrected chi connectivity index (χ3v) is 5.67. The Balaban J connectivity index is 2.63. The van der Waals surface area contributed by atoms with Crippen LogP contribution in [0, 0.1) is 0 Å². The highest BCUT2D eigenvalue weighted by Crippen LogP contribution is 2.06. The van der Waals surface area contributed by atoms with Crippen LogP contribution in [0.25, 0.3) is 0 Å². The van der Waals surface area contributed by atoms with E-state index >= 15 is 0 Å². The molecule has 0 aliphatic heterocycles. The smallest absolute Gasteiger partial charge is 0.0943 e. The monoisotopic (exact) mass is 218 g/mol. The molecule has 15 heavy (non-hydrogen) atoms. The number of allylic oxidation sites excluding steroid dienone is 1. The highest BCUT2D eigenvalue weighted by molar-refractivity contribution is 6.93. The standard InChI is InChI=1S/C14H22Si/c1-4-5-6-10-13-15(2,3)14-11-8-7-9-12-14/h7-13H,4-6H2,1-3H3/b13-10+. The van der Waals surface area contributed by atoms with Gasteiger partial charge in [-0.25, -0.2) is 0 Å². The van der Waals surface area contributed by atoms with Crippen molar-refractivity contribution in [3.05, 3.63) is 42.1 Å². The Hall–Kier alpha value is -0.823. The van der Waals surface area contributed by atoms with Gasteiger partial charge in [0, 0.05) is 0 Å². The molecule has 0 N–H and O–H groups in total. The van der Waals surface area contributed by atoms with Crippen LogP contribution in [0.1, 0.15) is 26.2 Å². The Kier molecular flexibility index (Phi) is 4.83. The van der Waals surface area contributed by atoms with E-state index in [-0.39, 0.29) is 0 Å². The molecule has 0 bridgehead atoms. The molecule has 0 fully saturated rings. The van der Waals surface area contributed by atoms with Gasteiger partial charge in [-0.2, -0.15) is 0 Å². The number of rotatable bonds is 5. The Morgan fingerprint density at radius 2 is 1.80 bits per heavy atom. The first-order chi connectivity index (χ1) is 7.17. The Bertz CT molecular complexity index is 298. The van der Waals surface area contributed by atoms with Crippen molar-refractivity contribution in [1.82, 2.24) is 0 Å². The van der Waals surface area contributed by atoms with E-state index < -0.39 is 8.07 Å². The fourth-order valence-electron chi connectivity index (χ4n) is 1.66. The van der Waals surface area contributed by atoms with Gasteiger partial charge in [0.05, 0.1) is 0 Å². The van der Waals surface area contributed by atoms with Crippen molar-refractivity contribution in [3.63, 3.8) is 0 Å². The summed E-state index contributed by atoms with van der Waals surface area (Å²) < 4.78 is 0. The van der Waals surface area contributed by atoms with Gasteiger partial charge < -0.3 is 0 Å². The summed E-state index contributed by atoms with van der Waals surface area (Å²) in [5.41, 5.74) is 2.47. The van der Waals surface area contributed by atoms with Gasteiger partial charge in [0.25, 0.3) is 0 Å². The lowest BCUT2D eigenvalue weighted by molar-refractivity contribution is 0.815. The van der Waals surface area contributed by atoms with Crippen LogP contribution in [-0.4, -0.2) is 8.07 Å². The topological polar surface area (TPSA) is 0 Å². The van der Waals surface area contributed by atoms with Gasteiger partial charge in [0.15, 0.2) is 0 Å². The Labute approximate surface area is 95.0 Å². The highest BCUT2D eigenvalue weighted by Gasteiger charge is 2.18. The molecule has 82 valence electrons. The van der Waals surface area contributed by atoms with Gasteiger partial charge in [0.2, 0.25) is 0 Å². The first-order valence-corrected chi connectivity index (χ1v) is 8.98. The van der Waals surface area contributed by atoms with E-state index in [9.17, 15) is 0 Å². The maximum Gasteiger partial charge on any atom is 0.103 e. The molecule has 0 radical (unpaired) electrons. The van der Waals surface area contributed by atoms with Crippen molar-refractivity contribution >= 4 is 13.3 Å². The van der Waals surface area contributed by atoms with Gasteiger partial charge in [-0.05, 0) is 6.42 Å². The van der Waals surface area contributed by atoms with Crippen LogP contribution in [0.3, 0.4) is 0 Å². The van der Waals surface area contributed by atoms with E-state index in [2.05, 4.69) is 62.1 Å². The fraction of sp³-hybridized carbons (Fsp3) is 0.429. The molecule has 0 spiro atoms. The molecule has 0 aliphatic rings. The second-order valence-electron chi connectivity index (χ2n) is 4.63. The van der Waals surface area contributed by atoms with Crippen molar-refractivity contribution in [2.24, 2.45) is 0 Å². The third kappa shape index (κ3) is 4.04. The zero-order chi connectivity index (χ0) is 11.1. The zero-order valence-electron chi connectivity index (χ0n) is 10.2. The normalized spacial score (nSPS) is 12.2. The molecule has 0 nitrogen and oxygen atoms in total. The molecule has 0 unspecified atom stereocenters. The quantitative estimate of drug-likeness (QED) is 0.519. The summed E-state index contributed by atoms with van der Waals surface area (Å²) in [5.74, 6) is 0. The molecule has 0 aromatic heterocycles. The molecule has 0 saturated heterocycles. The minimum atomic E-state index is -1.31. The molecular weight excluding hydrogens is 196 g/mol. The third-order valence-electron chi connectivity index (χ3n) is 2.78. The van der Waals surface area contributed by atoms with Crippen LogP contribution in [0.5, 0.6) is 0 Å². The summed E-state index contributed by atoms with van der Waals surface area (Å²) in [6, 6.07) is 10.9. The first-order valence-electron chi connectivity index (χ1n) is 5.90. The maximum absolute atomic E-state index is 2.47. The summed E-state index contributed by atoms with van der Waals surface area (Å²) in [7, 11) is -1.31. The molecule has 0 aliphatic carbocycles. The van der Waals surface area contributed by atoms with Gasteiger partial charge in [-0.3, -0.25) is 0 Å². The lowest BCUT2D eigenvalue weighted by atomic mass is 10.2. The van der Waals surface area contributed by atoms with Crippen LogP contribution in [-0.2, 0) is 0 Å². The Morgan fingerprint density at radius 3 is 2.40 bits per heavy atom. The molecule has 1 rings (SSSR count). The van der Waals surface area contributed by atoms with E-state index in [4.69, 9.17) is 0 Å². The predicted octanol–water partition coefficient (Wildman–Crippen LogP) is 3.89. The van der Waals surface area contributed by atoms with Crippen molar-refractivity contribution in [2.45, 2.75) is 39.3 Å². The number of hydrogen-bond acceptors (Lipinski definition) is 0. The highest BCUT2D eigenvalue weighted by atomic mass is 28.3. The van der Waals surface area contributed by atoms with Crippen molar-refractivity contribution in [1.29, 1.82) is 0 Å². The lowest BCUT2D eigenvalue weighted by Crippen LogP contribution is -2.39. The van der Waals surface area contributed by atoms with Crippen LogP contribution < -0.4 is 5.19 Å². The lowest BCUT2D eigenvalue weighted by Gasteiger charge is -2.18. The summed E-state index contributed by atoms with van der Waals surface area (Å²) >= 11 is 0. The molecular formula is C14H22Si. The van der Waals surface area contributed by atoms with Crippen molar-refractivity contribution in [2.75, 3.05) is 0 Å².